The van der Waals surface area contributed by atoms with Crippen LogP contribution in [-0.2, 0) is 12.8 Å². The lowest BCUT2D eigenvalue weighted by atomic mass is 10.0. The highest BCUT2D eigenvalue weighted by atomic mass is 35.5. The van der Waals surface area contributed by atoms with E-state index in [0.717, 1.165) is 24.2 Å². The molecule has 2 aromatic rings. The van der Waals surface area contributed by atoms with Crippen molar-refractivity contribution in [1.29, 1.82) is 0 Å². The van der Waals surface area contributed by atoms with Gasteiger partial charge in [0.25, 0.3) is 0 Å². The van der Waals surface area contributed by atoms with Crippen molar-refractivity contribution in [3.8, 4) is 0 Å². The molecule has 0 amide bonds. The lowest BCUT2D eigenvalue weighted by Gasteiger charge is -2.06. The average Bonchev–Trinajstić information content (AvgIpc) is 2.67. The first-order valence-corrected chi connectivity index (χ1v) is 6.77. The van der Waals surface area contributed by atoms with Gasteiger partial charge in [0.2, 0.25) is 5.28 Å². The molecule has 0 spiro atoms. The maximum atomic E-state index is 5.90. The number of aromatic nitrogens is 2. The van der Waals surface area contributed by atoms with Crippen LogP contribution in [0.25, 0.3) is 6.08 Å². The number of hydrogen-bond acceptors (Lipinski definition) is 2. The maximum Gasteiger partial charge on any atom is 0.222 e. The van der Waals surface area contributed by atoms with Gasteiger partial charge in [-0.05, 0) is 54.6 Å². The van der Waals surface area contributed by atoms with Crippen LogP contribution in [0.15, 0.2) is 29.8 Å². The molecule has 0 radical (unpaired) electrons. The van der Waals surface area contributed by atoms with Crippen molar-refractivity contribution >= 4 is 17.7 Å². The van der Waals surface area contributed by atoms with Crippen molar-refractivity contribution in [2.45, 2.75) is 26.7 Å². The molecule has 1 aromatic heterocycles. The normalized spacial score (nSPS) is 13.3. The van der Waals surface area contributed by atoms with E-state index in [0.29, 0.717) is 5.28 Å². The fourth-order valence-corrected chi connectivity index (χ4v) is 2.82. The van der Waals surface area contributed by atoms with Gasteiger partial charge in [0.15, 0.2) is 0 Å². The second kappa shape index (κ2) is 4.78. The van der Waals surface area contributed by atoms with Gasteiger partial charge in [-0.25, -0.2) is 9.97 Å². The highest BCUT2D eigenvalue weighted by Crippen LogP contribution is 2.26. The summed E-state index contributed by atoms with van der Waals surface area (Å²) in [5.74, 6) is 0. The van der Waals surface area contributed by atoms with E-state index in [4.69, 9.17) is 11.6 Å². The first-order chi connectivity index (χ1) is 9.10. The van der Waals surface area contributed by atoms with Crippen LogP contribution in [0.2, 0.25) is 5.28 Å². The van der Waals surface area contributed by atoms with Gasteiger partial charge >= 0.3 is 0 Å². The van der Waals surface area contributed by atoms with Crippen molar-refractivity contribution in [3.63, 3.8) is 0 Å². The van der Waals surface area contributed by atoms with E-state index in [1.165, 1.54) is 22.3 Å². The van der Waals surface area contributed by atoms with Crippen molar-refractivity contribution in [1.82, 2.24) is 9.97 Å². The summed E-state index contributed by atoms with van der Waals surface area (Å²) in [6.07, 6.45) is 4.12. The molecule has 2 nitrogen and oxygen atoms in total. The Labute approximate surface area is 118 Å². The van der Waals surface area contributed by atoms with Gasteiger partial charge < -0.3 is 0 Å². The lowest BCUT2D eigenvalue weighted by molar-refractivity contribution is 0.996. The largest absolute Gasteiger partial charge is 0.223 e. The zero-order chi connectivity index (χ0) is 13.4. The second-order valence-electron chi connectivity index (χ2n) is 5.15. The zero-order valence-electron chi connectivity index (χ0n) is 11.1. The predicted molar refractivity (Wildman–Crippen MR) is 78.4 cm³/mol. The van der Waals surface area contributed by atoms with E-state index in [1.54, 1.807) is 0 Å². The van der Waals surface area contributed by atoms with Crippen LogP contribution in [0.4, 0.5) is 0 Å². The van der Waals surface area contributed by atoms with Crippen molar-refractivity contribution in [3.05, 3.63) is 63.2 Å². The number of nitrogens with zero attached hydrogens (tertiary/aromatic N) is 2. The molecule has 0 aliphatic heterocycles. The summed E-state index contributed by atoms with van der Waals surface area (Å²) in [7, 11) is 0. The summed E-state index contributed by atoms with van der Waals surface area (Å²) in [6, 6.07) is 8.62. The Bertz CT molecular complexity index is 654. The molecular weight excluding hydrogens is 256 g/mol. The predicted octanol–water partition coefficient (Wildman–Crippen LogP) is 3.99. The van der Waals surface area contributed by atoms with E-state index < -0.39 is 0 Å². The third kappa shape index (κ3) is 2.69. The summed E-state index contributed by atoms with van der Waals surface area (Å²) in [4.78, 5) is 8.37. The third-order valence-electron chi connectivity index (χ3n) is 3.34. The summed E-state index contributed by atoms with van der Waals surface area (Å²) >= 11 is 5.90. The van der Waals surface area contributed by atoms with Crippen molar-refractivity contribution < 1.29 is 0 Å². The highest BCUT2D eigenvalue weighted by molar-refractivity contribution is 6.28. The standard InChI is InChI=1S/C16H15ClN2/c1-10-5-13-4-3-12(8-14(13)6-10)9-15-7-11(2)18-16(17)19-15/h3-5,7-8H,6,9H2,1-2H3. The number of allylic oxidation sites excluding steroid dienone is 1. The van der Waals surface area contributed by atoms with Gasteiger partial charge in [-0.3, -0.25) is 0 Å². The molecule has 0 saturated heterocycles. The van der Waals surface area contributed by atoms with E-state index in [1.807, 2.05) is 13.0 Å². The van der Waals surface area contributed by atoms with Crippen molar-refractivity contribution in [2.75, 3.05) is 0 Å². The zero-order valence-corrected chi connectivity index (χ0v) is 11.8. The van der Waals surface area contributed by atoms with Crippen LogP contribution in [0.1, 0.15) is 35.0 Å². The molecule has 0 N–H and O–H groups in total. The monoisotopic (exact) mass is 270 g/mol. The van der Waals surface area contributed by atoms with Crippen LogP contribution < -0.4 is 0 Å². The number of fused-ring (bicyclic) bond motifs is 1. The van der Waals surface area contributed by atoms with Crippen LogP contribution in [-0.4, -0.2) is 9.97 Å². The third-order valence-corrected chi connectivity index (χ3v) is 3.51. The molecule has 0 bridgehead atoms. The summed E-state index contributed by atoms with van der Waals surface area (Å²) < 4.78 is 0. The molecule has 96 valence electrons. The highest BCUT2D eigenvalue weighted by Gasteiger charge is 2.10. The molecular formula is C16H15ClN2. The minimum absolute atomic E-state index is 0.327. The van der Waals surface area contributed by atoms with Gasteiger partial charge in [0.1, 0.15) is 0 Å². The van der Waals surface area contributed by atoms with Crippen molar-refractivity contribution in [2.24, 2.45) is 0 Å². The Morgan fingerprint density at radius 1 is 1.16 bits per heavy atom. The van der Waals surface area contributed by atoms with E-state index in [-0.39, 0.29) is 0 Å². The Kier molecular flexibility index (Phi) is 3.11. The Hall–Kier alpha value is -1.67. The van der Waals surface area contributed by atoms with Crippen LogP contribution >= 0.6 is 11.6 Å². The molecule has 0 saturated carbocycles. The summed E-state index contributed by atoms with van der Waals surface area (Å²) in [5.41, 5.74) is 7.34. The van der Waals surface area contributed by atoms with Gasteiger partial charge in [-0.15, -0.1) is 0 Å². The second-order valence-corrected chi connectivity index (χ2v) is 5.49. The minimum Gasteiger partial charge on any atom is -0.223 e. The van der Waals surface area contributed by atoms with E-state index >= 15 is 0 Å². The molecule has 0 atom stereocenters. The van der Waals surface area contributed by atoms with E-state index in [2.05, 4.69) is 41.2 Å². The quantitative estimate of drug-likeness (QED) is 0.771. The minimum atomic E-state index is 0.327. The Morgan fingerprint density at radius 2 is 2.00 bits per heavy atom. The van der Waals surface area contributed by atoms with Gasteiger partial charge in [-0.1, -0.05) is 29.8 Å². The number of benzene rings is 1. The fraction of sp³-hybridized carbons (Fsp3) is 0.250. The Balaban J connectivity index is 1.87. The summed E-state index contributed by atoms with van der Waals surface area (Å²) in [6.45, 7) is 4.11. The molecule has 1 aromatic carbocycles. The van der Waals surface area contributed by atoms with Crippen LogP contribution in [0, 0.1) is 6.92 Å². The topological polar surface area (TPSA) is 25.8 Å². The molecule has 19 heavy (non-hydrogen) atoms. The lowest BCUT2D eigenvalue weighted by Crippen LogP contribution is -1.97. The van der Waals surface area contributed by atoms with Gasteiger partial charge in [-0.2, -0.15) is 0 Å². The number of halogens is 1. The van der Waals surface area contributed by atoms with Crippen LogP contribution in [0.3, 0.4) is 0 Å². The first kappa shape index (κ1) is 12.4. The molecule has 0 unspecified atom stereocenters. The average molecular weight is 271 g/mol. The number of hydrogen-bond donors (Lipinski definition) is 0. The first-order valence-electron chi connectivity index (χ1n) is 6.39. The molecule has 1 aliphatic carbocycles. The Morgan fingerprint density at radius 3 is 2.79 bits per heavy atom. The fourth-order valence-electron chi connectivity index (χ4n) is 2.57. The van der Waals surface area contributed by atoms with Gasteiger partial charge in [0.05, 0.1) is 0 Å². The molecule has 1 aliphatic rings. The number of rotatable bonds is 2. The van der Waals surface area contributed by atoms with Gasteiger partial charge in [0, 0.05) is 17.8 Å². The molecule has 3 rings (SSSR count). The SMILES string of the molecule is CC1=Cc2ccc(Cc3cc(C)nc(Cl)n3)cc2C1. The molecule has 0 fully saturated rings. The smallest absolute Gasteiger partial charge is 0.222 e. The van der Waals surface area contributed by atoms with E-state index in [9.17, 15) is 0 Å². The maximum absolute atomic E-state index is 5.90. The van der Waals surface area contributed by atoms with Crippen LogP contribution in [0.5, 0.6) is 0 Å². The molecule has 1 heterocycles. The summed E-state index contributed by atoms with van der Waals surface area (Å²) in [5, 5.41) is 0.327. The molecule has 3 heteroatoms. The number of aryl methyl sites for hydroxylation is 1.